The molecule has 8 nitrogen and oxygen atoms in total. The number of likely N-dealkylation sites (N-methyl/N-ethyl adjacent to an activating group) is 1. The van der Waals surface area contributed by atoms with Crippen LogP contribution in [0.15, 0.2) is 58.4 Å². The summed E-state index contributed by atoms with van der Waals surface area (Å²) >= 11 is 0. The molecule has 0 aromatic heterocycles. The third-order valence-electron chi connectivity index (χ3n) is 5.49. The minimum atomic E-state index is -3.52. The molecule has 34 heavy (non-hydrogen) atoms. The van der Waals surface area contributed by atoms with E-state index in [0.29, 0.717) is 28.3 Å². The van der Waals surface area contributed by atoms with Crippen LogP contribution in [0, 0.1) is 13.8 Å². The average molecular weight is 485 g/mol. The molecule has 0 aliphatic carbocycles. The highest BCUT2D eigenvalue weighted by Crippen LogP contribution is 2.26. The van der Waals surface area contributed by atoms with E-state index in [-0.39, 0.29) is 18.3 Å². The standard InChI is InChI=1S/C25H32N4O4S/c1-18-14-22(33-4)15-19(2)24(18)34(31,32)17-26-11-5-6-23(30)29(3)16-20-7-9-21(10-8-20)25-27-12-13-28-25/h5-10,14-15,26H,11-13,16-17H2,1-4H3,(H,27,28). The first-order valence-electron chi connectivity index (χ1n) is 11.1. The van der Waals surface area contributed by atoms with E-state index in [1.165, 1.54) is 6.08 Å². The number of nitrogens with one attached hydrogen (secondary N) is 2. The molecule has 0 saturated heterocycles. The fourth-order valence-electron chi connectivity index (χ4n) is 3.87. The minimum absolute atomic E-state index is 0.155. The third kappa shape index (κ3) is 6.45. The quantitative estimate of drug-likeness (QED) is 0.396. The average Bonchev–Trinajstić information content (AvgIpc) is 3.33. The molecule has 0 bridgehead atoms. The van der Waals surface area contributed by atoms with Crippen LogP contribution in [-0.4, -0.2) is 64.7 Å². The van der Waals surface area contributed by atoms with E-state index in [1.54, 1.807) is 51.1 Å². The maximum absolute atomic E-state index is 12.8. The van der Waals surface area contributed by atoms with Crippen molar-refractivity contribution in [3.8, 4) is 5.75 Å². The van der Waals surface area contributed by atoms with Crippen LogP contribution in [0.3, 0.4) is 0 Å². The molecule has 3 rings (SSSR count). The van der Waals surface area contributed by atoms with Gasteiger partial charge >= 0.3 is 0 Å². The minimum Gasteiger partial charge on any atom is -0.497 e. The lowest BCUT2D eigenvalue weighted by Crippen LogP contribution is -2.26. The third-order valence-corrected chi connectivity index (χ3v) is 7.34. The molecule has 182 valence electrons. The van der Waals surface area contributed by atoms with E-state index < -0.39 is 9.84 Å². The lowest BCUT2D eigenvalue weighted by Gasteiger charge is -2.15. The van der Waals surface area contributed by atoms with E-state index in [2.05, 4.69) is 15.6 Å². The number of benzene rings is 2. The second-order valence-corrected chi connectivity index (χ2v) is 10.2. The highest BCUT2D eigenvalue weighted by molar-refractivity contribution is 7.91. The Bertz CT molecular complexity index is 1160. The summed E-state index contributed by atoms with van der Waals surface area (Å²) < 4.78 is 30.8. The Morgan fingerprint density at radius 1 is 1.21 bits per heavy atom. The van der Waals surface area contributed by atoms with Gasteiger partial charge in [0.05, 0.1) is 18.6 Å². The first-order valence-corrected chi connectivity index (χ1v) is 12.7. The van der Waals surface area contributed by atoms with Crippen molar-refractivity contribution in [1.82, 2.24) is 15.5 Å². The number of amides is 1. The SMILES string of the molecule is COc1cc(C)c(S(=O)(=O)CNCC=CC(=O)N(C)Cc2ccc(C3=NCCN3)cc2)c(C)c1. The van der Waals surface area contributed by atoms with Gasteiger partial charge in [-0.2, -0.15) is 0 Å². The Morgan fingerprint density at radius 2 is 1.88 bits per heavy atom. The smallest absolute Gasteiger partial charge is 0.246 e. The van der Waals surface area contributed by atoms with Crippen molar-refractivity contribution >= 4 is 21.6 Å². The molecule has 1 aliphatic rings. The highest BCUT2D eigenvalue weighted by Gasteiger charge is 2.20. The summed E-state index contributed by atoms with van der Waals surface area (Å²) in [6, 6.07) is 11.4. The van der Waals surface area contributed by atoms with Crippen molar-refractivity contribution in [3.05, 3.63) is 70.8 Å². The Balaban J connectivity index is 1.48. The number of aryl methyl sites for hydroxylation is 2. The summed E-state index contributed by atoms with van der Waals surface area (Å²) in [6.45, 7) is 5.90. The number of sulfone groups is 1. The van der Waals surface area contributed by atoms with Crippen LogP contribution in [0.5, 0.6) is 5.75 Å². The van der Waals surface area contributed by atoms with Crippen LogP contribution in [-0.2, 0) is 21.2 Å². The molecular weight excluding hydrogens is 452 g/mol. The van der Waals surface area contributed by atoms with E-state index in [0.717, 1.165) is 30.1 Å². The van der Waals surface area contributed by atoms with Gasteiger partial charge < -0.3 is 15.0 Å². The molecular formula is C25H32N4O4S. The van der Waals surface area contributed by atoms with Crippen molar-refractivity contribution in [3.63, 3.8) is 0 Å². The number of hydrogen-bond acceptors (Lipinski definition) is 7. The van der Waals surface area contributed by atoms with E-state index in [9.17, 15) is 13.2 Å². The predicted octanol–water partition coefficient (Wildman–Crippen LogP) is 2.20. The van der Waals surface area contributed by atoms with Gasteiger partial charge in [0.25, 0.3) is 0 Å². The zero-order chi connectivity index (χ0) is 24.7. The fourth-order valence-corrected chi connectivity index (χ4v) is 5.50. The van der Waals surface area contributed by atoms with Gasteiger partial charge in [0, 0.05) is 38.3 Å². The van der Waals surface area contributed by atoms with Crippen LogP contribution >= 0.6 is 0 Å². The molecule has 1 amide bonds. The molecule has 9 heteroatoms. The highest BCUT2D eigenvalue weighted by atomic mass is 32.2. The Labute approximate surface area is 201 Å². The number of ether oxygens (including phenoxy) is 1. The number of hydrogen-bond donors (Lipinski definition) is 2. The molecule has 2 aromatic carbocycles. The van der Waals surface area contributed by atoms with Gasteiger partial charge in [0.15, 0.2) is 9.84 Å². The number of nitrogens with zero attached hydrogens (tertiary/aromatic N) is 2. The Kier molecular flexibility index (Phi) is 8.46. The molecule has 2 aromatic rings. The molecule has 1 aliphatic heterocycles. The van der Waals surface area contributed by atoms with Crippen LogP contribution in [0.25, 0.3) is 0 Å². The number of carbonyl (C=O) groups is 1. The first-order chi connectivity index (χ1) is 16.2. The zero-order valence-electron chi connectivity index (χ0n) is 20.1. The second-order valence-electron chi connectivity index (χ2n) is 8.25. The number of aliphatic imine (C=N–C) groups is 1. The zero-order valence-corrected chi connectivity index (χ0v) is 20.9. The van der Waals surface area contributed by atoms with Crippen molar-refractivity contribution in [2.45, 2.75) is 25.3 Å². The summed E-state index contributed by atoms with van der Waals surface area (Å²) in [5, 5.41) is 6.13. The number of amidine groups is 1. The van der Waals surface area contributed by atoms with Crippen molar-refractivity contribution in [1.29, 1.82) is 0 Å². The maximum Gasteiger partial charge on any atom is 0.246 e. The fraction of sp³-hybridized carbons (Fsp3) is 0.360. The molecule has 0 unspecified atom stereocenters. The largest absolute Gasteiger partial charge is 0.497 e. The van der Waals surface area contributed by atoms with E-state index in [4.69, 9.17) is 4.74 Å². The molecule has 0 radical (unpaired) electrons. The second kappa shape index (κ2) is 11.3. The normalized spacial score (nSPS) is 13.6. The van der Waals surface area contributed by atoms with E-state index in [1.807, 2.05) is 24.3 Å². The van der Waals surface area contributed by atoms with Crippen LogP contribution < -0.4 is 15.4 Å². The number of methoxy groups -OCH3 is 1. The first kappa shape index (κ1) is 25.5. The summed E-state index contributed by atoms with van der Waals surface area (Å²) in [7, 11) is -0.240. The van der Waals surface area contributed by atoms with Gasteiger partial charge in [0.1, 0.15) is 17.5 Å². The van der Waals surface area contributed by atoms with Gasteiger partial charge in [-0.3, -0.25) is 15.1 Å². The molecule has 0 spiro atoms. The monoisotopic (exact) mass is 484 g/mol. The molecule has 0 atom stereocenters. The molecule has 2 N–H and O–H groups in total. The van der Waals surface area contributed by atoms with Crippen LogP contribution in [0.2, 0.25) is 0 Å². The molecule has 1 heterocycles. The van der Waals surface area contributed by atoms with Crippen LogP contribution in [0.1, 0.15) is 22.3 Å². The van der Waals surface area contributed by atoms with Gasteiger partial charge in [-0.25, -0.2) is 8.42 Å². The predicted molar refractivity (Wildman–Crippen MR) is 134 cm³/mol. The van der Waals surface area contributed by atoms with Gasteiger partial charge in [-0.1, -0.05) is 30.3 Å². The number of rotatable bonds is 10. The maximum atomic E-state index is 12.8. The summed E-state index contributed by atoms with van der Waals surface area (Å²) in [6.07, 6.45) is 3.09. The van der Waals surface area contributed by atoms with Crippen LogP contribution in [0.4, 0.5) is 0 Å². The molecule has 0 saturated carbocycles. The number of carbonyl (C=O) groups excluding carboxylic acids is 1. The topological polar surface area (TPSA) is 100 Å². The van der Waals surface area contributed by atoms with Gasteiger partial charge in [-0.05, 0) is 42.7 Å². The summed E-state index contributed by atoms with van der Waals surface area (Å²) in [4.78, 5) is 18.7. The lowest BCUT2D eigenvalue weighted by atomic mass is 10.1. The van der Waals surface area contributed by atoms with Crippen molar-refractivity contribution in [2.24, 2.45) is 4.99 Å². The Hall–Kier alpha value is -3.17. The summed E-state index contributed by atoms with van der Waals surface area (Å²) in [5.41, 5.74) is 3.34. The molecule has 0 fully saturated rings. The van der Waals surface area contributed by atoms with Crippen molar-refractivity contribution < 1.29 is 17.9 Å². The van der Waals surface area contributed by atoms with Gasteiger partial charge in [-0.15, -0.1) is 0 Å². The van der Waals surface area contributed by atoms with Crippen molar-refractivity contribution in [2.75, 3.05) is 39.7 Å². The lowest BCUT2D eigenvalue weighted by molar-refractivity contribution is -0.125. The van der Waals surface area contributed by atoms with E-state index >= 15 is 0 Å². The Morgan fingerprint density at radius 3 is 2.47 bits per heavy atom. The van der Waals surface area contributed by atoms with Gasteiger partial charge in [0.2, 0.25) is 5.91 Å². The summed E-state index contributed by atoms with van der Waals surface area (Å²) in [5.74, 6) is 1.16.